The molecular formula is C43H28N4. The summed E-state index contributed by atoms with van der Waals surface area (Å²) >= 11 is 0. The third kappa shape index (κ3) is 4.66. The minimum absolute atomic E-state index is 0.712. The van der Waals surface area contributed by atoms with Crippen LogP contribution in [0.3, 0.4) is 0 Å². The Balaban J connectivity index is 1.35. The van der Waals surface area contributed by atoms with Gasteiger partial charge in [-0.25, -0.2) is 14.5 Å². The standard InChI is InChI=1S/C43H28N4/c1-4-15-29(16-5-1)38-28-32-21-10-11-24-35(32)42-39(41(46-47(38)42)30-17-6-2-7-18-30)33-22-14-23-34(27-33)40-36-25-12-13-26-37(36)44-43(45-40)31-19-8-3-9-20-31/h1-28H. The maximum absolute atomic E-state index is 5.38. The Hall–Kier alpha value is -6.39. The molecule has 0 unspecified atom stereocenters. The maximum Gasteiger partial charge on any atom is 0.160 e. The first-order valence-electron chi connectivity index (χ1n) is 15.8. The number of benzene rings is 6. The van der Waals surface area contributed by atoms with E-state index >= 15 is 0 Å². The number of para-hydroxylation sites is 1. The van der Waals surface area contributed by atoms with Gasteiger partial charge in [0.1, 0.15) is 5.69 Å². The summed E-state index contributed by atoms with van der Waals surface area (Å²) < 4.78 is 2.13. The van der Waals surface area contributed by atoms with Crippen LogP contribution in [0.5, 0.6) is 0 Å². The third-order valence-electron chi connectivity index (χ3n) is 8.80. The van der Waals surface area contributed by atoms with E-state index in [2.05, 4.69) is 150 Å². The highest BCUT2D eigenvalue weighted by molar-refractivity contribution is 6.09. The lowest BCUT2D eigenvalue weighted by atomic mass is 9.94. The molecule has 0 atom stereocenters. The highest BCUT2D eigenvalue weighted by Gasteiger charge is 2.22. The molecule has 0 spiro atoms. The predicted octanol–water partition coefficient (Wildman–Crippen LogP) is 10.8. The third-order valence-corrected chi connectivity index (χ3v) is 8.80. The van der Waals surface area contributed by atoms with Crippen molar-refractivity contribution in [1.82, 2.24) is 19.6 Å². The molecule has 3 heterocycles. The molecule has 220 valence electrons. The van der Waals surface area contributed by atoms with Crippen LogP contribution in [0.2, 0.25) is 0 Å². The minimum atomic E-state index is 0.712. The largest absolute Gasteiger partial charge is 0.231 e. The van der Waals surface area contributed by atoms with Crippen molar-refractivity contribution in [3.05, 3.63) is 170 Å². The Morgan fingerprint density at radius 3 is 1.77 bits per heavy atom. The first-order chi connectivity index (χ1) is 23.3. The molecule has 0 amide bonds. The lowest BCUT2D eigenvalue weighted by molar-refractivity contribution is 0.979. The molecule has 9 aromatic rings. The summed E-state index contributed by atoms with van der Waals surface area (Å²) in [4.78, 5) is 10.1. The van der Waals surface area contributed by atoms with E-state index in [0.717, 1.165) is 72.3 Å². The van der Waals surface area contributed by atoms with Crippen LogP contribution in [0.1, 0.15) is 0 Å². The molecule has 0 saturated heterocycles. The minimum Gasteiger partial charge on any atom is -0.231 e. The first-order valence-corrected chi connectivity index (χ1v) is 15.8. The number of hydrogen-bond acceptors (Lipinski definition) is 3. The van der Waals surface area contributed by atoms with Crippen LogP contribution in [0.15, 0.2) is 170 Å². The smallest absolute Gasteiger partial charge is 0.160 e. The van der Waals surface area contributed by atoms with Crippen molar-refractivity contribution in [2.45, 2.75) is 0 Å². The van der Waals surface area contributed by atoms with Crippen LogP contribution in [-0.2, 0) is 0 Å². The molecule has 0 aliphatic rings. The molecule has 6 aromatic carbocycles. The van der Waals surface area contributed by atoms with Gasteiger partial charge in [0.15, 0.2) is 5.82 Å². The summed E-state index contributed by atoms with van der Waals surface area (Å²) in [6, 6.07) is 59.0. The Morgan fingerprint density at radius 1 is 0.404 bits per heavy atom. The molecule has 3 aromatic heterocycles. The van der Waals surface area contributed by atoms with Gasteiger partial charge in [0.2, 0.25) is 0 Å². The molecule has 0 aliphatic carbocycles. The van der Waals surface area contributed by atoms with Gasteiger partial charge >= 0.3 is 0 Å². The number of nitrogens with zero attached hydrogens (tertiary/aromatic N) is 4. The molecule has 0 bridgehead atoms. The van der Waals surface area contributed by atoms with E-state index in [1.54, 1.807) is 0 Å². The van der Waals surface area contributed by atoms with E-state index in [1.807, 2.05) is 24.3 Å². The number of aromatic nitrogens is 4. The van der Waals surface area contributed by atoms with Gasteiger partial charge in [0.05, 0.1) is 22.4 Å². The fourth-order valence-corrected chi connectivity index (χ4v) is 6.61. The molecule has 0 saturated carbocycles. The van der Waals surface area contributed by atoms with Crippen LogP contribution < -0.4 is 0 Å². The fourth-order valence-electron chi connectivity index (χ4n) is 6.61. The zero-order valence-electron chi connectivity index (χ0n) is 25.5. The maximum atomic E-state index is 5.38. The zero-order valence-corrected chi connectivity index (χ0v) is 25.5. The molecule has 47 heavy (non-hydrogen) atoms. The summed E-state index contributed by atoms with van der Waals surface area (Å²) in [6.07, 6.45) is 0. The van der Waals surface area contributed by atoms with Crippen molar-refractivity contribution in [2.75, 3.05) is 0 Å². The highest BCUT2D eigenvalue weighted by Crippen LogP contribution is 2.42. The average Bonchev–Trinajstić information content (AvgIpc) is 3.56. The second-order valence-electron chi connectivity index (χ2n) is 11.7. The predicted molar refractivity (Wildman–Crippen MR) is 193 cm³/mol. The van der Waals surface area contributed by atoms with Crippen LogP contribution >= 0.6 is 0 Å². The van der Waals surface area contributed by atoms with Crippen LogP contribution in [-0.4, -0.2) is 19.6 Å². The SMILES string of the molecule is c1ccc(-c2nc(-c3cccc(-c4c(-c5ccccc5)nn5c(-c6ccccc6)cc6ccccc6c45)c3)c3ccccc3n2)cc1. The van der Waals surface area contributed by atoms with Gasteiger partial charge in [0, 0.05) is 38.6 Å². The van der Waals surface area contributed by atoms with Crippen LogP contribution in [0, 0.1) is 0 Å². The van der Waals surface area contributed by atoms with Gasteiger partial charge in [-0.2, -0.15) is 5.10 Å². The van der Waals surface area contributed by atoms with Crippen LogP contribution in [0.25, 0.3) is 83.5 Å². The molecule has 0 radical (unpaired) electrons. The molecule has 4 nitrogen and oxygen atoms in total. The molecule has 0 N–H and O–H groups in total. The monoisotopic (exact) mass is 600 g/mol. The number of fused-ring (bicyclic) bond motifs is 4. The lowest BCUT2D eigenvalue weighted by Gasteiger charge is -2.12. The average molecular weight is 601 g/mol. The van der Waals surface area contributed by atoms with Crippen molar-refractivity contribution in [3.8, 4) is 56.3 Å². The van der Waals surface area contributed by atoms with Gasteiger partial charge in [-0.1, -0.05) is 152 Å². The Morgan fingerprint density at radius 2 is 1.00 bits per heavy atom. The fraction of sp³-hybridized carbons (Fsp3) is 0. The van der Waals surface area contributed by atoms with Crippen molar-refractivity contribution in [3.63, 3.8) is 0 Å². The van der Waals surface area contributed by atoms with E-state index in [1.165, 1.54) is 5.39 Å². The number of pyridine rings is 1. The molecule has 9 rings (SSSR count). The number of rotatable bonds is 5. The summed E-state index contributed by atoms with van der Waals surface area (Å²) in [5.74, 6) is 0.712. The van der Waals surface area contributed by atoms with E-state index < -0.39 is 0 Å². The first kappa shape index (κ1) is 27.0. The second-order valence-corrected chi connectivity index (χ2v) is 11.7. The van der Waals surface area contributed by atoms with Crippen molar-refractivity contribution in [1.29, 1.82) is 0 Å². The topological polar surface area (TPSA) is 43.1 Å². The van der Waals surface area contributed by atoms with Crippen molar-refractivity contribution >= 4 is 27.2 Å². The summed E-state index contributed by atoms with van der Waals surface area (Å²) in [5, 5.41) is 8.73. The Bertz CT molecular complexity index is 2550. The van der Waals surface area contributed by atoms with E-state index in [0.29, 0.717) is 5.82 Å². The van der Waals surface area contributed by atoms with Crippen molar-refractivity contribution < 1.29 is 0 Å². The van der Waals surface area contributed by atoms with Gasteiger partial charge in [-0.15, -0.1) is 0 Å². The summed E-state index contributed by atoms with van der Waals surface area (Å²) in [7, 11) is 0. The van der Waals surface area contributed by atoms with E-state index in [9.17, 15) is 0 Å². The van der Waals surface area contributed by atoms with Gasteiger partial charge in [-0.3, -0.25) is 0 Å². The Kier molecular flexibility index (Phi) is 6.43. The van der Waals surface area contributed by atoms with Gasteiger partial charge in [-0.05, 0) is 29.1 Å². The normalized spacial score (nSPS) is 11.4. The van der Waals surface area contributed by atoms with Crippen molar-refractivity contribution in [2.24, 2.45) is 0 Å². The highest BCUT2D eigenvalue weighted by atomic mass is 15.2. The van der Waals surface area contributed by atoms with E-state index in [4.69, 9.17) is 15.1 Å². The molecular weight excluding hydrogens is 573 g/mol. The van der Waals surface area contributed by atoms with Gasteiger partial charge < -0.3 is 0 Å². The molecule has 0 aliphatic heterocycles. The lowest BCUT2D eigenvalue weighted by Crippen LogP contribution is -1.96. The quantitative estimate of drug-likeness (QED) is 0.197. The molecule has 0 fully saturated rings. The number of hydrogen-bond donors (Lipinski definition) is 0. The molecule has 4 heteroatoms. The van der Waals surface area contributed by atoms with E-state index in [-0.39, 0.29) is 0 Å². The second kappa shape index (κ2) is 11.2. The van der Waals surface area contributed by atoms with Gasteiger partial charge in [0.25, 0.3) is 0 Å². The zero-order chi connectivity index (χ0) is 31.2. The Labute approximate surface area is 272 Å². The van der Waals surface area contributed by atoms with Crippen LogP contribution in [0.4, 0.5) is 0 Å². The summed E-state index contributed by atoms with van der Waals surface area (Å²) in [5.41, 5.74) is 11.3. The summed E-state index contributed by atoms with van der Waals surface area (Å²) in [6.45, 7) is 0.